The van der Waals surface area contributed by atoms with E-state index in [4.69, 9.17) is 4.74 Å². The number of carbonyl (C=O) groups is 1. The minimum atomic E-state index is -0.186. The first-order chi connectivity index (χ1) is 12.0. The fraction of sp³-hybridized carbons (Fsp3) is 0.182. The highest BCUT2D eigenvalue weighted by Crippen LogP contribution is 2.22. The number of nitrogens with zero attached hydrogens (tertiary/aromatic N) is 1. The maximum atomic E-state index is 12.8. The number of carbonyl (C=O) groups excluding carboxylic acids is 1. The van der Waals surface area contributed by atoms with Crippen molar-refractivity contribution in [2.75, 3.05) is 6.61 Å². The molecule has 0 unspecified atom stereocenters. The molecule has 0 amide bonds. The van der Waals surface area contributed by atoms with Crippen LogP contribution in [0, 0.1) is 0 Å². The molecule has 0 atom stereocenters. The Morgan fingerprint density at radius 2 is 1.60 bits per heavy atom. The highest BCUT2D eigenvalue weighted by atomic mass is 16.5. The molecule has 1 aliphatic rings. The van der Waals surface area contributed by atoms with E-state index in [1.165, 1.54) is 0 Å². The summed E-state index contributed by atoms with van der Waals surface area (Å²) in [6.07, 6.45) is 0. The van der Waals surface area contributed by atoms with E-state index in [1.807, 2.05) is 80.6 Å². The van der Waals surface area contributed by atoms with Crippen LogP contribution in [0.15, 0.2) is 71.7 Å². The lowest BCUT2D eigenvalue weighted by atomic mass is 9.99. The van der Waals surface area contributed by atoms with E-state index in [1.54, 1.807) is 0 Å². The number of hydrogen-bond acceptors (Lipinski definition) is 3. The van der Waals surface area contributed by atoms with Crippen LogP contribution in [0.5, 0.6) is 0 Å². The third-order valence-electron chi connectivity index (χ3n) is 4.37. The third-order valence-corrected chi connectivity index (χ3v) is 4.37. The fourth-order valence-electron chi connectivity index (χ4n) is 2.99. The predicted octanol–water partition coefficient (Wildman–Crippen LogP) is 4.63. The summed E-state index contributed by atoms with van der Waals surface area (Å²) >= 11 is 0. The Bertz CT molecular complexity index is 984. The molecular weight excluding hydrogens is 310 g/mol. The lowest BCUT2D eigenvalue weighted by Gasteiger charge is -2.07. The van der Waals surface area contributed by atoms with Crippen molar-refractivity contribution in [3.05, 3.63) is 83.4 Å². The molecule has 3 aromatic rings. The van der Waals surface area contributed by atoms with Crippen LogP contribution in [0.4, 0.5) is 0 Å². The number of ketones is 1. The van der Waals surface area contributed by atoms with Gasteiger partial charge in [-0.15, -0.1) is 0 Å². The van der Waals surface area contributed by atoms with Gasteiger partial charge in [-0.25, -0.2) is 4.99 Å². The molecule has 0 radical (unpaired) electrons. The zero-order chi connectivity index (χ0) is 17.4. The van der Waals surface area contributed by atoms with Gasteiger partial charge in [0.2, 0.25) is 5.90 Å². The van der Waals surface area contributed by atoms with Gasteiger partial charge in [-0.3, -0.25) is 4.79 Å². The van der Waals surface area contributed by atoms with Crippen LogP contribution < -0.4 is 0 Å². The van der Waals surface area contributed by atoms with Crippen molar-refractivity contribution in [3.63, 3.8) is 0 Å². The standard InChI is InChI=1S/C22H19NO2/c1-22(2)14-25-21(23-22)17-10-8-16(9-11-17)20(24)19-12-7-15-5-3-4-6-18(15)13-19/h3-13H,14H2,1-2H3. The summed E-state index contributed by atoms with van der Waals surface area (Å²) in [6, 6.07) is 21.3. The van der Waals surface area contributed by atoms with E-state index in [0.717, 1.165) is 16.3 Å². The fourth-order valence-corrected chi connectivity index (χ4v) is 2.99. The van der Waals surface area contributed by atoms with Crippen LogP contribution in [0.2, 0.25) is 0 Å². The second-order valence-corrected chi connectivity index (χ2v) is 6.99. The van der Waals surface area contributed by atoms with Crippen molar-refractivity contribution in [1.29, 1.82) is 0 Å². The number of fused-ring (bicyclic) bond motifs is 1. The lowest BCUT2D eigenvalue weighted by molar-refractivity contribution is 0.103. The van der Waals surface area contributed by atoms with E-state index in [2.05, 4.69) is 4.99 Å². The van der Waals surface area contributed by atoms with Gasteiger partial charge in [-0.2, -0.15) is 0 Å². The first kappa shape index (κ1) is 15.6. The van der Waals surface area contributed by atoms with Crippen LogP contribution in [-0.2, 0) is 4.74 Å². The van der Waals surface area contributed by atoms with Crippen molar-refractivity contribution in [1.82, 2.24) is 0 Å². The van der Waals surface area contributed by atoms with E-state index >= 15 is 0 Å². The van der Waals surface area contributed by atoms with Crippen molar-refractivity contribution < 1.29 is 9.53 Å². The average Bonchev–Trinajstić information content (AvgIpc) is 3.01. The summed E-state index contributed by atoms with van der Waals surface area (Å²) in [4.78, 5) is 17.3. The molecule has 0 aromatic heterocycles. The Hall–Kier alpha value is -2.94. The number of benzene rings is 3. The van der Waals surface area contributed by atoms with E-state index < -0.39 is 0 Å². The van der Waals surface area contributed by atoms with Gasteiger partial charge in [0.15, 0.2) is 5.78 Å². The van der Waals surface area contributed by atoms with Gasteiger partial charge in [0, 0.05) is 16.7 Å². The van der Waals surface area contributed by atoms with Crippen LogP contribution in [0.25, 0.3) is 10.8 Å². The maximum absolute atomic E-state index is 12.8. The largest absolute Gasteiger partial charge is 0.475 e. The van der Waals surface area contributed by atoms with Gasteiger partial charge in [0.25, 0.3) is 0 Å². The molecule has 0 saturated heterocycles. The molecule has 1 heterocycles. The Morgan fingerprint density at radius 3 is 2.28 bits per heavy atom. The minimum absolute atomic E-state index is 0.0203. The number of ether oxygens (including phenoxy) is 1. The highest BCUT2D eigenvalue weighted by Gasteiger charge is 2.27. The van der Waals surface area contributed by atoms with Crippen molar-refractivity contribution in [3.8, 4) is 0 Å². The van der Waals surface area contributed by atoms with Gasteiger partial charge >= 0.3 is 0 Å². The predicted molar refractivity (Wildman–Crippen MR) is 100 cm³/mol. The van der Waals surface area contributed by atoms with Crippen molar-refractivity contribution in [2.45, 2.75) is 19.4 Å². The van der Waals surface area contributed by atoms with Gasteiger partial charge in [0.05, 0.1) is 5.54 Å². The molecule has 3 heteroatoms. The smallest absolute Gasteiger partial charge is 0.216 e. The second-order valence-electron chi connectivity index (χ2n) is 6.99. The summed E-state index contributed by atoms with van der Waals surface area (Å²) in [5.41, 5.74) is 2.08. The quantitative estimate of drug-likeness (QED) is 0.657. The number of aliphatic imine (C=N–C) groups is 1. The Balaban J connectivity index is 1.62. The van der Waals surface area contributed by atoms with Crippen LogP contribution in [-0.4, -0.2) is 23.8 Å². The minimum Gasteiger partial charge on any atom is -0.475 e. The second kappa shape index (κ2) is 5.85. The Morgan fingerprint density at radius 1 is 0.920 bits per heavy atom. The van der Waals surface area contributed by atoms with E-state index in [-0.39, 0.29) is 11.3 Å². The zero-order valence-corrected chi connectivity index (χ0v) is 14.3. The molecule has 25 heavy (non-hydrogen) atoms. The third kappa shape index (κ3) is 3.05. The average molecular weight is 329 g/mol. The molecule has 0 aliphatic carbocycles. The SMILES string of the molecule is CC1(C)COC(c2ccc(C(=O)c3ccc4ccccc4c3)cc2)=N1. The summed E-state index contributed by atoms with van der Waals surface area (Å²) in [5, 5.41) is 2.20. The lowest BCUT2D eigenvalue weighted by Crippen LogP contribution is -2.17. The molecular formula is C22H19NO2. The molecule has 0 N–H and O–H groups in total. The van der Waals surface area contributed by atoms with Crippen LogP contribution >= 0.6 is 0 Å². The molecule has 3 aromatic carbocycles. The number of hydrogen-bond donors (Lipinski definition) is 0. The first-order valence-corrected chi connectivity index (χ1v) is 8.38. The molecule has 124 valence electrons. The van der Waals surface area contributed by atoms with E-state index in [9.17, 15) is 4.79 Å². The Kier molecular flexibility index (Phi) is 3.65. The van der Waals surface area contributed by atoms with Gasteiger partial charge in [-0.05, 0) is 42.8 Å². The van der Waals surface area contributed by atoms with Crippen LogP contribution in [0.1, 0.15) is 35.3 Å². The maximum Gasteiger partial charge on any atom is 0.216 e. The number of rotatable bonds is 3. The molecule has 0 saturated carbocycles. The molecule has 0 fully saturated rings. The normalized spacial score (nSPS) is 15.7. The monoisotopic (exact) mass is 329 g/mol. The summed E-state index contributed by atoms with van der Waals surface area (Å²) in [6.45, 7) is 4.66. The van der Waals surface area contributed by atoms with Gasteiger partial charge < -0.3 is 4.74 Å². The Labute approximate surface area is 147 Å². The van der Waals surface area contributed by atoms with E-state index in [0.29, 0.717) is 23.6 Å². The summed E-state index contributed by atoms with van der Waals surface area (Å²) in [5.74, 6) is 0.668. The molecule has 3 nitrogen and oxygen atoms in total. The molecule has 0 bridgehead atoms. The molecule has 4 rings (SSSR count). The topological polar surface area (TPSA) is 38.7 Å². The summed E-state index contributed by atoms with van der Waals surface area (Å²) < 4.78 is 5.65. The van der Waals surface area contributed by atoms with Gasteiger partial charge in [-0.1, -0.05) is 48.5 Å². The first-order valence-electron chi connectivity index (χ1n) is 8.38. The zero-order valence-electron chi connectivity index (χ0n) is 14.3. The van der Waals surface area contributed by atoms with Crippen molar-refractivity contribution in [2.24, 2.45) is 4.99 Å². The molecule has 1 aliphatic heterocycles. The van der Waals surface area contributed by atoms with Gasteiger partial charge in [0.1, 0.15) is 6.61 Å². The molecule has 0 spiro atoms. The van der Waals surface area contributed by atoms with Crippen molar-refractivity contribution >= 4 is 22.5 Å². The summed E-state index contributed by atoms with van der Waals surface area (Å²) in [7, 11) is 0. The van der Waals surface area contributed by atoms with Crippen LogP contribution in [0.3, 0.4) is 0 Å². The highest BCUT2D eigenvalue weighted by molar-refractivity contribution is 6.11.